The van der Waals surface area contributed by atoms with Gasteiger partial charge in [0.25, 0.3) is 0 Å². The van der Waals surface area contributed by atoms with Gasteiger partial charge in [0.15, 0.2) is 0 Å². The van der Waals surface area contributed by atoms with E-state index in [9.17, 15) is 9.59 Å². The normalized spacial score (nSPS) is 24.8. The van der Waals surface area contributed by atoms with Crippen molar-refractivity contribution in [2.75, 3.05) is 0 Å². The van der Waals surface area contributed by atoms with Gasteiger partial charge in [-0.25, -0.2) is 0 Å². The zero-order valence-corrected chi connectivity index (χ0v) is 12.9. The number of cyclic esters (lactones) is 1. The van der Waals surface area contributed by atoms with E-state index in [0.29, 0.717) is 6.42 Å². The van der Waals surface area contributed by atoms with Crippen molar-refractivity contribution in [3.63, 3.8) is 0 Å². The Balaban J connectivity index is 2.75. The Hall–Kier alpha value is -1.06. The predicted octanol–water partition coefficient (Wildman–Crippen LogP) is 3.09. The van der Waals surface area contributed by atoms with Gasteiger partial charge in [-0.15, -0.1) is 0 Å². The molecule has 4 nitrogen and oxygen atoms in total. The van der Waals surface area contributed by atoms with Crippen molar-refractivity contribution >= 4 is 11.9 Å². The average molecular weight is 270 g/mol. The molecule has 1 aliphatic heterocycles. The molecule has 0 aromatic carbocycles. The van der Waals surface area contributed by atoms with Crippen LogP contribution in [-0.2, 0) is 19.1 Å². The lowest BCUT2D eigenvalue weighted by Gasteiger charge is -2.39. The summed E-state index contributed by atoms with van der Waals surface area (Å²) in [6.45, 7) is 11.4. The molecule has 0 amide bonds. The molecule has 1 saturated heterocycles. The zero-order chi connectivity index (χ0) is 14.8. The van der Waals surface area contributed by atoms with E-state index in [-0.39, 0.29) is 24.0 Å². The monoisotopic (exact) mass is 270 g/mol. The van der Waals surface area contributed by atoms with Gasteiger partial charge in [0.05, 0.1) is 17.9 Å². The highest BCUT2D eigenvalue weighted by Crippen LogP contribution is 2.35. The van der Waals surface area contributed by atoms with Crippen molar-refractivity contribution < 1.29 is 19.1 Å². The van der Waals surface area contributed by atoms with Crippen LogP contribution < -0.4 is 0 Å². The van der Waals surface area contributed by atoms with Gasteiger partial charge in [0.2, 0.25) is 0 Å². The summed E-state index contributed by atoms with van der Waals surface area (Å²) in [5.74, 6) is -0.394. The molecule has 1 rings (SSSR count). The van der Waals surface area contributed by atoms with E-state index >= 15 is 0 Å². The fraction of sp³-hybridized carbons (Fsp3) is 0.867. The van der Waals surface area contributed by atoms with Crippen molar-refractivity contribution in [3.8, 4) is 0 Å². The first-order valence-electron chi connectivity index (χ1n) is 7.01. The van der Waals surface area contributed by atoms with E-state index in [1.54, 1.807) is 0 Å². The molecule has 0 radical (unpaired) electrons. The van der Waals surface area contributed by atoms with Crippen LogP contribution in [0.25, 0.3) is 0 Å². The summed E-state index contributed by atoms with van der Waals surface area (Å²) in [5, 5.41) is 0. The van der Waals surface area contributed by atoms with Crippen LogP contribution in [0.2, 0.25) is 0 Å². The average Bonchev–Trinajstić information content (AvgIpc) is 2.27. The van der Waals surface area contributed by atoms with Crippen molar-refractivity contribution in [2.45, 2.75) is 72.5 Å². The van der Waals surface area contributed by atoms with Crippen molar-refractivity contribution in [1.29, 1.82) is 0 Å². The second-order valence-electron chi connectivity index (χ2n) is 6.67. The number of hydrogen-bond acceptors (Lipinski definition) is 4. The number of esters is 2. The first-order valence-corrected chi connectivity index (χ1v) is 7.01. The van der Waals surface area contributed by atoms with Crippen LogP contribution >= 0.6 is 0 Å². The minimum Gasteiger partial charge on any atom is -0.463 e. The fourth-order valence-corrected chi connectivity index (χ4v) is 2.14. The number of hydrogen-bond donors (Lipinski definition) is 0. The minimum absolute atomic E-state index is 0.0142. The maximum absolute atomic E-state index is 12.2. The Labute approximate surface area is 115 Å². The van der Waals surface area contributed by atoms with E-state index in [0.717, 1.165) is 12.8 Å². The highest BCUT2D eigenvalue weighted by molar-refractivity contribution is 5.76. The summed E-state index contributed by atoms with van der Waals surface area (Å²) in [4.78, 5) is 23.7. The van der Waals surface area contributed by atoms with Gasteiger partial charge in [0, 0.05) is 5.92 Å². The van der Waals surface area contributed by atoms with Crippen molar-refractivity contribution in [2.24, 2.45) is 11.3 Å². The molecule has 0 aliphatic carbocycles. The molecular formula is C15H26O4. The quantitative estimate of drug-likeness (QED) is 0.737. The molecule has 0 aromatic heterocycles. The van der Waals surface area contributed by atoms with E-state index in [1.807, 2.05) is 41.5 Å². The smallest absolute Gasteiger partial charge is 0.312 e. The molecule has 2 atom stereocenters. The molecule has 4 heteroatoms. The number of ether oxygens (including phenoxy) is 2. The van der Waals surface area contributed by atoms with Gasteiger partial charge in [-0.1, -0.05) is 6.92 Å². The van der Waals surface area contributed by atoms with E-state index < -0.39 is 11.0 Å². The van der Waals surface area contributed by atoms with Crippen molar-refractivity contribution in [1.82, 2.24) is 0 Å². The summed E-state index contributed by atoms with van der Waals surface area (Å²) < 4.78 is 10.8. The second-order valence-corrected chi connectivity index (χ2v) is 6.67. The molecule has 0 bridgehead atoms. The summed E-state index contributed by atoms with van der Waals surface area (Å²) in [6.07, 6.45) is 1.67. The molecule has 1 fully saturated rings. The first-order chi connectivity index (χ1) is 8.58. The van der Waals surface area contributed by atoms with Crippen molar-refractivity contribution in [3.05, 3.63) is 0 Å². The van der Waals surface area contributed by atoms with Crippen LogP contribution in [0, 0.1) is 11.3 Å². The molecule has 2 unspecified atom stereocenters. The summed E-state index contributed by atoms with van der Waals surface area (Å²) in [5.41, 5.74) is -1.13. The Morgan fingerprint density at radius 3 is 2.42 bits per heavy atom. The Morgan fingerprint density at radius 1 is 1.37 bits per heavy atom. The van der Waals surface area contributed by atoms with Gasteiger partial charge in [-0.3, -0.25) is 9.59 Å². The first kappa shape index (κ1) is 16.0. The summed E-state index contributed by atoms with van der Waals surface area (Å²) in [6, 6.07) is 0. The highest BCUT2D eigenvalue weighted by Gasteiger charge is 2.41. The molecule has 0 saturated carbocycles. The van der Waals surface area contributed by atoms with Crippen LogP contribution in [-0.4, -0.2) is 23.6 Å². The SMILES string of the molecule is CCC(C)(C)C(=O)OC(C)(C)C1CC(=O)OC(C)C1. The molecular weight excluding hydrogens is 244 g/mol. The third kappa shape index (κ3) is 3.95. The van der Waals surface area contributed by atoms with Gasteiger partial charge in [0.1, 0.15) is 5.60 Å². The molecule has 0 aromatic rings. The largest absolute Gasteiger partial charge is 0.463 e. The van der Waals surface area contributed by atoms with Crippen LogP contribution in [0.3, 0.4) is 0 Å². The van der Waals surface area contributed by atoms with E-state index in [4.69, 9.17) is 9.47 Å². The zero-order valence-electron chi connectivity index (χ0n) is 12.9. The predicted molar refractivity (Wildman–Crippen MR) is 72.5 cm³/mol. The fourth-order valence-electron chi connectivity index (χ4n) is 2.14. The van der Waals surface area contributed by atoms with Crippen LogP contribution in [0.1, 0.15) is 60.8 Å². The maximum atomic E-state index is 12.2. The number of rotatable bonds is 4. The molecule has 19 heavy (non-hydrogen) atoms. The van der Waals surface area contributed by atoms with E-state index in [1.165, 1.54) is 0 Å². The molecule has 110 valence electrons. The lowest BCUT2D eigenvalue weighted by molar-refractivity contribution is -0.182. The Bertz CT molecular complexity index is 357. The maximum Gasteiger partial charge on any atom is 0.312 e. The van der Waals surface area contributed by atoms with Crippen LogP contribution in [0.4, 0.5) is 0 Å². The third-order valence-corrected chi connectivity index (χ3v) is 4.14. The van der Waals surface area contributed by atoms with Gasteiger partial charge >= 0.3 is 11.9 Å². The molecule has 0 N–H and O–H groups in total. The summed E-state index contributed by atoms with van der Waals surface area (Å²) in [7, 11) is 0. The third-order valence-electron chi connectivity index (χ3n) is 4.14. The van der Waals surface area contributed by atoms with Crippen LogP contribution in [0.5, 0.6) is 0 Å². The van der Waals surface area contributed by atoms with Crippen LogP contribution in [0.15, 0.2) is 0 Å². The topological polar surface area (TPSA) is 52.6 Å². The summed E-state index contributed by atoms with van der Waals surface area (Å²) >= 11 is 0. The van der Waals surface area contributed by atoms with E-state index in [2.05, 4.69) is 0 Å². The Kier molecular flexibility index (Phi) is 4.64. The molecule has 1 heterocycles. The van der Waals surface area contributed by atoms with Gasteiger partial charge in [-0.2, -0.15) is 0 Å². The number of carbonyl (C=O) groups excluding carboxylic acids is 2. The number of carbonyl (C=O) groups is 2. The molecule has 0 spiro atoms. The highest BCUT2D eigenvalue weighted by atomic mass is 16.6. The molecule has 1 aliphatic rings. The van der Waals surface area contributed by atoms with Gasteiger partial charge in [-0.05, 0) is 47.5 Å². The lowest BCUT2D eigenvalue weighted by Crippen LogP contribution is -2.45. The lowest BCUT2D eigenvalue weighted by atomic mass is 9.81. The van der Waals surface area contributed by atoms with Gasteiger partial charge < -0.3 is 9.47 Å². The second kappa shape index (κ2) is 5.51. The minimum atomic E-state index is -0.642. The standard InChI is InChI=1S/C15H26O4/c1-7-14(3,4)13(17)19-15(5,6)11-8-10(2)18-12(16)9-11/h10-11H,7-9H2,1-6H3. The Morgan fingerprint density at radius 2 is 1.95 bits per heavy atom.